The number of hydrogen-bond acceptors (Lipinski definition) is 6. The Labute approximate surface area is 195 Å². The Morgan fingerprint density at radius 3 is 2.58 bits per heavy atom. The molecule has 3 aromatic heterocycles. The Balaban J connectivity index is 0.00000259. The SMILES string of the molecule is COc1cc2c(cc1-c1c(C)noc1C)ncc1nc(C3CC3)n([C@H](C)COC(F)F)c12.Cl. The number of pyridine rings is 1. The lowest BCUT2D eigenvalue weighted by atomic mass is 10.0. The van der Waals surface area contributed by atoms with Crippen LogP contribution in [0.3, 0.4) is 0 Å². The number of rotatable bonds is 7. The Bertz CT molecular complexity index is 1300. The molecule has 1 aromatic carbocycles. The van der Waals surface area contributed by atoms with Gasteiger partial charge in [0.25, 0.3) is 0 Å². The number of alkyl halides is 2. The zero-order valence-electron chi connectivity index (χ0n) is 18.8. The standard InChI is InChI=1S/C23H24F2N4O3.ClH/c1-11(10-31-23(24)25)29-21-15-8-19(30-4)16(20-12(2)28-32-13(20)3)7-17(15)26-9-18(21)27-22(29)14-5-6-14;/h7-9,11,14,23H,5-6,10H2,1-4H3;1H/t11-;/m1./s1. The third-order valence-electron chi connectivity index (χ3n) is 6.01. The molecule has 0 radical (unpaired) electrons. The number of imidazole rings is 1. The number of methoxy groups -OCH3 is 1. The maximum Gasteiger partial charge on any atom is 0.345 e. The van der Waals surface area contributed by atoms with Crippen LogP contribution in [0, 0.1) is 13.8 Å². The molecule has 0 amide bonds. The van der Waals surface area contributed by atoms with E-state index in [2.05, 4.69) is 14.9 Å². The first-order chi connectivity index (χ1) is 15.4. The first-order valence-corrected chi connectivity index (χ1v) is 10.6. The van der Waals surface area contributed by atoms with Gasteiger partial charge in [-0.25, -0.2) is 4.98 Å². The molecular weight excluding hydrogens is 454 g/mol. The van der Waals surface area contributed by atoms with Crippen LogP contribution in [0.25, 0.3) is 33.1 Å². The van der Waals surface area contributed by atoms with Crippen LogP contribution in [0.5, 0.6) is 5.75 Å². The van der Waals surface area contributed by atoms with Crippen molar-refractivity contribution in [2.45, 2.75) is 52.2 Å². The molecule has 1 atom stereocenters. The third kappa shape index (κ3) is 4.04. The van der Waals surface area contributed by atoms with Gasteiger partial charge >= 0.3 is 6.61 Å². The zero-order valence-corrected chi connectivity index (χ0v) is 19.6. The third-order valence-corrected chi connectivity index (χ3v) is 6.01. The molecule has 4 aromatic rings. The fourth-order valence-corrected chi connectivity index (χ4v) is 4.42. The summed E-state index contributed by atoms with van der Waals surface area (Å²) in [5.41, 5.74) is 4.81. The molecule has 1 saturated carbocycles. The van der Waals surface area contributed by atoms with Crippen molar-refractivity contribution in [3.63, 3.8) is 0 Å². The minimum Gasteiger partial charge on any atom is -0.496 e. The first-order valence-electron chi connectivity index (χ1n) is 10.6. The summed E-state index contributed by atoms with van der Waals surface area (Å²) in [6.07, 6.45) is 3.82. The second kappa shape index (κ2) is 8.87. The van der Waals surface area contributed by atoms with Crippen LogP contribution < -0.4 is 4.74 Å². The number of ether oxygens (including phenoxy) is 2. The number of aromatic nitrogens is 4. The van der Waals surface area contributed by atoms with Crippen molar-refractivity contribution in [1.82, 2.24) is 19.7 Å². The first kappa shape index (κ1) is 23.4. The number of halogens is 3. The summed E-state index contributed by atoms with van der Waals surface area (Å²) >= 11 is 0. The molecule has 7 nitrogen and oxygen atoms in total. The molecule has 0 bridgehead atoms. The van der Waals surface area contributed by atoms with E-state index in [-0.39, 0.29) is 25.1 Å². The van der Waals surface area contributed by atoms with Gasteiger partial charge in [-0.15, -0.1) is 12.4 Å². The van der Waals surface area contributed by atoms with Gasteiger partial charge in [-0.3, -0.25) is 4.98 Å². The van der Waals surface area contributed by atoms with Crippen molar-refractivity contribution in [3.05, 3.63) is 35.6 Å². The Hall–Kier alpha value is -2.78. The summed E-state index contributed by atoms with van der Waals surface area (Å²) in [5, 5.41) is 4.90. The summed E-state index contributed by atoms with van der Waals surface area (Å²) in [5.74, 6) is 2.57. The number of fused-ring (bicyclic) bond motifs is 3. The van der Waals surface area contributed by atoms with Crippen molar-refractivity contribution in [1.29, 1.82) is 0 Å². The van der Waals surface area contributed by atoms with Gasteiger partial charge < -0.3 is 18.6 Å². The van der Waals surface area contributed by atoms with E-state index < -0.39 is 6.61 Å². The van der Waals surface area contributed by atoms with Crippen LogP contribution in [-0.2, 0) is 4.74 Å². The molecule has 176 valence electrons. The van der Waals surface area contributed by atoms with Crippen molar-refractivity contribution in [2.75, 3.05) is 13.7 Å². The minimum atomic E-state index is -2.81. The monoisotopic (exact) mass is 478 g/mol. The largest absolute Gasteiger partial charge is 0.496 e. The highest BCUT2D eigenvalue weighted by molar-refractivity contribution is 6.05. The van der Waals surface area contributed by atoms with Gasteiger partial charge in [0.1, 0.15) is 22.9 Å². The number of benzene rings is 1. The molecule has 0 N–H and O–H groups in total. The lowest BCUT2D eigenvalue weighted by molar-refractivity contribution is -0.135. The maximum absolute atomic E-state index is 12.7. The smallest absolute Gasteiger partial charge is 0.345 e. The van der Waals surface area contributed by atoms with Gasteiger partial charge in [0, 0.05) is 16.9 Å². The van der Waals surface area contributed by atoms with Crippen LogP contribution in [0.4, 0.5) is 8.78 Å². The van der Waals surface area contributed by atoms with Gasteiger partial charge in [0.2, 0.25) is 0 Å². The fraction of sp³-hybridized carbons (Fsp3) is 0.435. The number of aryl methyl sites for hydroxylation is 2. The molecule has 0 unspecified atom stereocenters. The summed E-state index contributed by atoms with van der Waals surface area (Å²) in [4.78, 5) is 9.47. The summed E-state index contributed by atoms with van der Waals surface area (Å²) < 4.78 is 43.2. The Morgan fingerprint density at radius 1 is 1.21 bits per heavy atom. The van der Waals surface area contributed by atoms with Gasteiger partial charge in [0.15, 0.2) is 0 Å². The maximum atomic E-state index is 12.7. The van der Waals surface area contributed by atoms with Crippen molar-refractivity contribution >= 4 is 34.3 Å². The average Bonchev–Trinajstić information content (AvgIpc) is 3.46. The molecule has 1 aliphatic rings. The van der Waals surface area contributed by atoms with Crippen molar-refractivity contribution in [2.24, 2.45) is 0 Å². The van der Waals surface area contributed by atoms with Crippen molar-refractivity contribution in [3.8, 4) is 16.9 Å². The lowest BCUT2D eigenvalue weighted by Gasteiger charge is -2.19. The van der Waals surface area contributed by atoms with Crippen LogP contribution >= 0.6 is 12.4 Å². The molecular formula is C23H25ClF2N4O3. The predicted molar refractivity (Wildman–Crippen MR) is 122 cm³/mol. The molecule has 1 aliphatic carbocycles. The van der Waals surface area contributed by atoms with Gasteiger partial charge in [-0.1, -0.05) is 5.16 Å². The normalized spacial score (nSPS) is 14.8. The van der Waals surface area contributed by atoms with Crippen LogP contribution in [0.1, 0.15) is 49.0 Å². The van der Waals surface area contributed by atoms with E-state index >= 15 is 0 Å². The molecule has 5 rings (SSSR count). The zero-order chi connectivity index (χ0) is 22.6. The van der Waals surface area contributed by atoms with Gasteiger partial charge in [0.05, 0.1) is 48.2 Å². The summed E-state index contributed by atoms with van der Waals surface area (Å²) in [7, 11) is 1.61. The predicted octanol–water partition coefficient (Wildman–Crippen LogP) is 5.96. The lowest BCUT2D eigenvalue weighted by Crippen LogP contribution is -2.16. The molecule has 0 spiro atoms. The molecule has 10 heteroatoms. The molecule has 0 aliphatic heterocycles. The fourth-order valence-electron chi connectivity index (χ4n) is 4.42. The number of hydrogen-bond donors (Lipinski definition) is 0. The molecule has 3 heterocycles. The minimum absolute atomic E-state index is 0. The van der Waals surface area contributed by atoms with E-state index in [0.29, 0.717) is 17.4 Å². The van der Waals surface area contributed by atoms with E-state index in [1.165, 1.54) is 0 Å². The quantitative estimate of drug-likeness (QED) is 0.326. The second-order valence-electron chi connectivity index (χ2n) is 8.32. The van der Waals surface area contributed by atoms with E-state index in [9.17, 15) is 8.78 Å². The van der Waals surface area contributed by atoms with E-state index in [1.54, 1.807) is 13.3 Å². The van der Waals surface area contributed by atoms with Crippen LogP contribution in [0.2, 0.25) is 0 Å². The molecule has 1 fully saturated rings. The van der Waals surface area contributed by atoms with Crippen LogP contribution in [-0.4, -0.2) is 40.0 Å². The topological polar surface area (TPSA) is 75.2 Å². The highest BCUT2D eigenvalue weighted by atomic mass is 35.5. The second-order valence-corrected chi connectivity index (χ2v) is 8.32. The Morgan fingerprint density at radius 2 is 1.97 bits per heavy atom. The van der Waals surface area contributed by atoms with Crippen LogP contribution in [0.15, 0.2) is 22.9 Å². The molecule has 0 saturated heterocycles. The van der Waals surface area contributed by atoms with Crippen molar-refractivity contribution < 1.29 is 22.8 Å². The highest BCUT2D eigenvalue weighted by Crippen LogP contribution is 2.44. The summed E-state index contributed by atoms with van der Waals surface area (Å²) in [6, 6.07) is 3.57. The average molecular weight is 479 g/mol. The van der Waals surface area contributed by atoms with Gasteiger partial charge in [-0.2, -0.15) is 8.78 Å². The highest BCUT2D eigenvalue weighted by Gasteiger charge is 2.32. The van der Waals surface area contributed by atoms with E-state index in [1.807, 2.05) is 37.5 Å². The van der Waals surface area contributed by atoms with E-state index in [0.717, 1.165) is 57.4 Å². The molecule has 33 heavy (non-hydrogen) atoms. The Kier molecular flexibility index (Phi) is 6.28. The summed E-state index contributed by atoms with van der Waals surface area (Å²) in [6.45, 7) is 2.69. The van der Waals surface area contributed by atoms with Gasteiger partial charge in [-0.05, 0) is 45.7 Å². The van der Waals surface area contributed by atoms with E-state index in [4.69, 9.17) is 14.2 Å². The number of nitrogens with zero attached hydrogens (tertiary/aromatic N) is 4.